The number of aromatic nitrogens is 1. The number of hydrogen-bond acceptors (Lipinski definition) is 3. The molecular formula is C28H46N4O. The smallest absolute Gasteiger partial charge is 0.222 e. The number of nitrogens with zero attached hydrogens (tertiary/aromatic N) is 3. The van der Waals surface area contributed by atoms with Gasteiger partial charge in [0, 0.05) is 49.2 Å². The highest BCUT2D eigenvalue weighted by Gasteiger charge is 2.35. The Labute approximate surface area is 201 Å². The van der Waals surface area contributed by atoms with Crippen LogP contribution in [0.25, 0.3) is 10.9 Å². The molecule has 1 N–H and O–H groups in total. The van der Waals surface area contributed by atoms with E-state index in [1.807, 2.05) is 11.9 Å². The number of aromatic amines is 1. The van der Waals surface area contributed by atoms with Crippen molar-refractivity contribution in [1.82, 2.24) is 19.7 Å². The monoisotopic (exact) mass is 454 g/mol. The lowest BCUT2D eigenvalue weighted by Gasteiger charge is -2.46. The molecule has 0 bridgehead atoms. The fraction of sp³-hybridized carbons (Fsp3) is 0.679. The van der Waals surface area contributed by atoms with Crippen molar-refractivity contribution < 1.29 is 4.79 Å². The van der Waals surface area contributed by atoms with Crippen LogP contribution in [0, 0.1) is 5.92 Å². The third kappa shape index (κ3) is 6.19. The lowest BCUT2D eigenvalue weighted by Crippen LogP contribution is -2.53. The predicted molar refractivity (Wildman–Crippen MR) is 140 cm³/mol. The number of unbranched alkanes of at least 4 members (excludes halogenated alkanes) is 1. The van der Waals surface area contributed by atoms with Crippen molar-refractivity contribution in [2.24, 2.45) is 5.92 Å². The van der Waals surface area contributed by atoms with E-state index in [1.165, 1.54) is 43.1 Å². The molecule has 5 heteroatoms. The number of amides is 1. The summed E-state index contributed by atoms with van der Waals surface area (Å²) in [7, 11) is 6.47. The second-order valence-electron chi connectivity index (χ2n) is 10.7. The molecule has 1 aromatic carbocycles. The minimum Gasteiger partial charge on any atom is -0.361 e. The normalized spacial score (nSPS) is 17.7. The molecule has 2 heterocycles. The molecule has 1 aromatic heterocycles. The summed E-state index contributed by atoms with van der Waals surface area (Å²) in [6.45, 7) is 10.8. The van der Waals surface area contributed by atoms with E-state index in [0.29, 0.717) is 17.9 Å². The Morgan fingerprint density at radius 3 is 2.48 bits per heavy atom. The van der Waals surface area contributed by atoms with Gasteiger partial charge in [0.25, 0.3) is 0 Å². The summed E-state index contributed by atoms with van der Waals surface area (Å²) in [6.07, 6.45) is 9.00. The number of para-hydroxylation sites is 1. The summed E-state index contributed by atoms with van der Waals surface area (Å²) in [5.41, 5.74) is 2.78. The minimum absolute atomic E-state index is 0.227. The van der Waals surface area contributed by atoms with Gasteiger partial charge in [-0.2, -0.15) is 0 Å². The SMILES string of the molecule is CCCCC1(N(C)C)CCN(CCN(C)C(=O)CC(c2c[nH]c3ccccc23)C(C)C)CC1. The summed E-state index contributed by atoms with van der Waals surface area (Å²) >= 11 is 0. The van der Waals surface area contributed by atoms with Crippen LogP contribution in [0.5, 0.6) is 0 Å². The average molecular weight is 455 g/mol. The van der Waals surface area contributed by atoms with Crippen molar-refractivity contribution in [1.29, 1.82) is 0 Å². The molecule has 0 saturated carbocycles. The fourth-order valence-electron chi connectivity index (χ4n) is 5.49. The molecule has 1 fully saturated rings. The molecule has 1 unspecified atom stereocenters. The highest BCUT2D eigenvalue weighted by atomic mass is 16.2. The van der Waals surface area contributed by atoms with Crippen molar-refractivity contribution in [3.63, 3.8) is 0 Å². The third-order valence-corrected chi connectivity index (χ3v) is 8.13. The van der Waals surface area contributed by atoms with Crippen molar-refractivity contribution >= 4 is 16.8 Å². The third-order valence-electron chi connectivity index (χ3n) is 8.13. The number of H-pyrrole nitrogens is 1. The average Bonchev–Trinajstić information content (AvgIpc) is 3.23. The Bertz CT molecular complexity index is 879. The van der Waals surface area contributed by atoms with Crippen LogP contribution in [-0.4, -0.2) is 78.5 Å². The first-order chi connectivity index (χ1) is 15.8. The summed E-state index contributed by atoms with van der Waals surface area (Å²) in [5.74, 6) is 0.887. The van der Waals surface area contributed by atoms with E-state index < -0.39 is 0 Å². The van der Waals surface area contributed by atoms with Crippen LogP contribution >= 0.6 is 0 Å². The Kier molecular flexibility index (Phi) is 9.00. The fourth-order valence-corrected chi connectivity index (χ4v) is 5.49. The highest BCUT2D eigenvalue weighted by molar-refractivity contribution is 5.85. The van der Waals surface area contributed by atoms with Crippen LogP contribution < -0.4 is 0 Å². The molecule has 1 atom stereocenters. The Hall–Kier alpha value is -1.85. The van der Waals surface area contributed by atoms with Gasteiger partial charge in [-0.1, -0.05) is 51.8 Å². The molecular weight excluding hydrogens is 408 g/mol. The molecule has 33 heavy (non-hydrogen) atoms. The number of carbonyl (C=O) groups excluding carboxylic acids is 1. The predicted octanol–water partition coefficient (Wildman–Crippen LogP) is 5.34. The molecule has 1 amide bonds. The number of hydrogen-bond donors (Lipinski definition) is 1. The molecule has 0 spiro atoms. The number of likely N-dealkylation sites (tertiary alicyclic amines) is 1. The second kappa shape index (κ2) is 11.5. The van der Waals surface area contributed by atoms with Crippen LogP contribution in [0.1, 0.15) is 70.8 Å². The molecule has 1 aliphatic heterocycles. The van der Waals surface area contributed by atoms with E-state index in [1.54, 1.807) is 0 Å². The van der Waals surface area contributed by atoms with Crippen molar-refractivity contribution in [3.05, 3.63) is 36.0 Å². The number of benzene rings is 1. The van der Waals surface area contributed by atoms with Gasteiger partial charge in [-0.3, -0.25) is 4.79 Å². The van der Waals surface area contributed by atoms with Gasteiger partial charge >= 0.3 is 0 Å². The molecule has 3 rings (SSSR count). The van der Waals surface area contributed by atoms with Crippen LogP contribution in [0.15, 0.2) is 30.5 Å². The maximum absolute atomic E-state index is 13.2. The lowest BCUT2D eigenvalue weighted by atomic mass is 9.82. The quantitative estimate of drug-likeness (QED) is 0.498. The first-order valence-corrected chi connectivity index (χ1v) is 13.0. The van der Waals surface area contributed by atoms with Crippen LogP contribution in [0.4, 0.5) is 0 Å². The summed E-state index contributed by atoms with van der Waals surface area (Å²) in [6, 6.07) is 8.40. The zero-order valence-electron chi connectivity index (χ0n) is 21.9. The van der Waals surface area contributed by atoms with Crippen molar-refractivity contribution in [3.8, 4) is 0 Å². The van der Waals surface area contributed by atoms with Crippen LogP contribution in [0.3, 0.4) is 0 Å². The lowest BCUT2D eigenvalue weighted by molar-refractivity contribution is -0.130. The van der Waals surface area contributed by atoms with Crippen molar-refractivity contribution in [2.75, 3.05) is 47.3 Å². The van der Waals surface area contributed by atoms with Crippen molar-refractivity contribution in [2.45, 2.75) is 70.8 Å². The first kappa shape index (κ1) is 25.8. The largest absolute Gasteiger partial charge is 0.361 e. The molecule has 0 radical (unpaired) electrons. The number of fused-ring (bicyclic) bond motifs is 1. The van der Waals surface area contributed by atoms with Gasteiger partial charge in [-0.15, -0.1) is 0 Å². The number of carbonyl (C=O) groups is 1. The zero-order chi connectivity index (χ0) is 24.0. The number of nitrogens with one attached hydrogen (secondary N) is 1. The van der Waals surface area contributed by atoms with E-state index in [0.717, 1.165) is 31.7 Å². The first-order valence-electron chi connectivity index (χ1n) is 13.0. The van der Waals surface area contributed by atoms with E-state index in [9.17, 15) is 4.79 Å². The number of rotatable bonds is 11. The van der Waals surface area contributed by atoms with Gasteiger partial charge in [0.05, 0.1) is 0 Å². The molecule has 2 aromatic rings. The standard InChI is InChI=1S/C28H46N4O/c1-7-8-13-28(30(4)5)14-16-32(17-15-28)19-18-31(6)27(33)20-24(22(2)3)25-21-29-26-12-10-9-11-23(25)26/h9-12,21-22,24,29H,7-8,13-20H2,1-6H3. The second-order valence-corrected chi connectivity index (χ2v) is 10.7. The van der Waals surface area contributed by atoms with Gasteiger partial charge in [-0.25, -0.2) is 0 Å². The summed E-state index contributed by atoms with van der Waals surface area (Å²) in [5, 5.41) is 1.24. The molecule has 1 aliphatic rings. The molecule has 0 aliphatic carbocycles. The zero-order valence-corrected chi connectivity index (χ0v) is 21.9. The Morgan fingerprint density at radius 2 is 1.85 bits per heavy atom. The molecule has 184 valence electrons. The van der Waals surface area contributed by atoms with Gasteiger partial charge in [0.2, 0.25) is 5.91 Å². The maximum atomic E-state index is 13.2. The van der Waals surface area contributed by atoms with E-state index in [-0.39, 0.29) is 11.8 Å². The Balaban J connectivity index is 1.53. The topological polar surface area (TPSA) is 42.6 Å². The van der Waals surface area contributed by atoms with Crippen LogP contribution in [0.2, 0.25) is 0 Å². The number of likely N-dealkylation sites (N-methyl/N-ethyl adjacent to an activating group) is 1. The summed E-state index contributed by atoms with van der Waals surface area (Å²) in [4.78, 5) is 23.5. The van der Waals surface area contributed by atoms with E-state index in [4.69, 9.17) is 0 Å². The van der Waals surface area contributed by atoms with Gasteiger partial charge in [0.1, 0.15) is 0 Å². The molecule has 1 saturated heterocycles. The summed E-state index contributed by atoms with van der Waals surface area (Å²) < 4.78 is 0. The van der Waals surface area contributed by atoms with Gasteiger partial charge in [0.15, 0.2) is 0 Å². The maximum Gasteiger partial charge on any atom is 0.222 e. The van der Waals surface area contributed by atoms with Gasteiger partial charge < -0.3 is 19.7 Å². The number of piperidine rings is 1. The van der Waals surface area contributed by atoms with E-state index in [2.05, 4.69) is 80.1 Å². The van der Waals surface area contributed by atoms with Gasteiger partial charge in [-0.05, 0) is 69.9 Å². The van der Waals surface area contributed by atoms with Crippen LogP contribution in [-0.2, 0) is 4.79 Å². The Morgan fingerprint density at radius 1 is 1.15 bits per heavy atom. The minimum atomic E-state index is 0.227. The van der Waals surface area contributed by atoms with E-state index >= 15 is 0 Å². The molecule has 5 nitrogen and oxygen atoms in total. The highest BCUT2D eigenvalue weighted by Crippen LogP contribution is 2.34.